The summed E-state index contributed by atoms with van der Waals surface area (Å²) >= 11 is 9.51. The molecule has 1 aromatic heterocycles. The molecule has 0 unspecified atom stereocenters. The Labute approximate surface area is 129 Å². The Morgan fingerprint density at radius 2 is 2.05 bits per heavy atom. The van der Waals surface area contributed by atoms with Crippen LogP contribution in [0, 0.1) is 11.3 Å². The molecule has 5 heteroatoms. The number of aryl methyl sites for hydroxylation is 1. The minimum absolute atomic E-state index is 0.607. The fraction of sp³-hybridized carbons (Fsp3) is 0.0667. The highest BCUT2D eigenvalue weighted by atomic mass is 79.9. The monoisotopic (exact) mass is 345 g/mol. The first-order valence-corrected chi connectivity index (χ1v) is 7.09. The maximum Gasteiger partial charge on any atom is 0.140 e. The van der Waals surface area contributed by atoms with Crippen molar-refractivity contribution < 1.29 is 0 Å². The lowest BCUT2D eigenvalue weighted by Crippen LogP contribution is -1.92. The Morgan fingerprint density at radius 3 is 2.75 bits per heavy atom. The molecule has 0 aliphatic carbocycles. The smallest absolute Gasteiger partial charge is 0.140 e. The van der Waals surface area contributed by atoms with Gasteiger partial charge in [-0.25, -0.2) is 4.98 Å². The molecule has 3 nitrogen and oxygen atoms in total. The van der Waals surface area contributed by atoms with Crippen LogP contribution >= 0.6 is 27.5 Å². The molecule has 98 valence electrons. The fourth-order valence-corrected chi connectivity index (χ4v) is 2.59. The van der Waals surface area contributed by atoms with Gasteiger partial charge in [-0.1, -0.05) is 17.7 Å². The topological polar surface area (TPSA) is 41.6 Å². The third-order valence-electron chi connectivity index (χ3n) is 3.19. The lowest BCUT2D eigenvalue weighted by Gasteiger charge is -2.04. The quantitative estimate of drug-likeness (QED) is 0.649. The van der Waals surface area contributed by atoms with Crippen molar-refractivity contribution in [3.8, 4) is 17.5 Å². The summed E-state index contributed by atoms with van der Waals surface area (Å²) in [5.74, 6) is 0.824. The summed E-state index contributed by atoms with van der Waals surface area (Å²) in [5.41, 5.74) is 3.34. The molecule has 2 aromatic carbocycles. The van der Waals surface area contributed by atoms with E-state index < -0.39 is 0 Å². The highest BCUT2D eigenvalue weighted by Gasteiger charge is 2.11. The molecule has 0 N–H and O–H groups in total. The molecule has 0 saturated carbocycles. The average molecular weight is 347 g/mol. The van der Waals surface area contributed by atoms with Crippen LogP contribution in [0.2, 0.25) is 5.02 Å². The van der Waals surface area contributed by atoms with Gasteiger partial charge in [0.1, 0.15) is 5.82 Å². The number of nitriles is 1. The molecule has 20 heavy (non-hydrogen) atoms. The number of nitrogens with zero attached hydrogens (tertiary/aromatic N) is 3. The molecule has 3 aromatic rings. The predicted octanol–water partition coefficient (Wildman–Crippen LogP) is 4.53. The summed E-state index contributed by atoms with van der Waals surface area (Å²) < 4.78 is 2.85. The van der Waals surface area contributed by atoms with Crippen LogP contribution < -0.4 is 0 Å². The van der Waals surface area contributed by atoms with Gasteiger partial charge in [0, 0.05) is 17.1 Å². The molecular weight excluding hydrogens is 338 g/mol. The van der Waals surface area contributed by atoms with Gasteiger partial charge in [-0.05, 0) is 46.3 Å². The van der Waals surface area contributed by atoms with Crippen LogP contribution in [0.1, 0.15) is 5.56 Å². The highest BCUT2D eigenvalue weighted by Crippen LogP contribution is 2.30. The lowest BCUT2D eigenvalue weighted by molar-refractivity contribution is 0.959. The molecule has 0 fully saturated rings. The van der Waals surface area contributed by atoms with Gasteiger partial charge in [0.05, 0.1) is 27.7 Å². The van der Waals surface area contributed by atoms with Gasteiger partial charge < -0.3 is 4.57 Å². The number of rotatable bonds is 1. The largest absolute Gasteiger partial charge is 0.327 e. The number of imidazole rings is 1. The van der Waals surface area contributed by atoms with E-state index in [9.17, 15) is 0 Å². The van der Waals surface area contributed by atoms with E-state index in [2.05, 4.69) is 27.0 Å². The summed E-state index contributed by atoms with van der Waals surface area (Å²) in [6, 6.07) is 13.4. The zero-order valence-corrected chi connectivity index (χ0v) is 12.9. The van der Waals surface area contributed by atoms with Crippen molar-refractivity contribution in [2.24, 2.45) is 7.05 Å². The molecule has 0 bridgehead atoms. The standard InChI is InChI=1S/C15H9BrClN3/c1-20-14-5-2-9(8-18)6-13(14)19-15(20)10-3-4-11(16)12(17)7-10/h2-7H,1H3. The SMILES string of the molecule is Cn1c(-c2ccc(Br)c(Cl)c2)nc2cc(C#N)ccc21. The van der Waals surface area contributed by atoms with E-state index in [1.807, 2.05) is 35.9 Å². The van der Waals surface area contributed by atoms with E-state index in [-0.39, 0.29) is 0 Å². The van der Waals surface area contributed by atoms with Crippen molar-refractivity contribution in [1.29, 1.82) is 5.26 Å². The average Bonchev–Trinajstić information content (AvgIpc) is 2.78. The van der Waals surface area contributed by atoms with Gasteiger partial charge in [-0.15, -0.1) is 0 Å². The molecule has 0 aliphatic heterocycles. The summed E-state index contributed by atoms with van der Waals surface area (Å²) in [7, 11) is 1.95. The van der Waals surface area contributed by atoms with E-state index in [1.165, 1.54) is 0 Å². The Bertz CT molecular complexity index is 861. The first kappa shape index (κ1) is 13.2. The predicted molar refractivity (Wildman–Crippen MR) is 83.6 cm³/mol. The number of halogens is 2. The second-order valence-electron chi connectivity index (χ2n) is 4.44. The fourth-order valence-electron chi connectivity index (χ4n) is 2.16. The van der Waals surface area contributed by atoms with E-state index in [4.69, 9.17) is 16.9 Å². The number of benzene rings is 2. The Hall–Kier alpha value is -1.83. The van der Waals surface area contributed by atoms with E-state index in [1.54, 1.807) is 12.1 Å². The minimum Gasteiger partial charge on any atom is -0.327 e. The molecule has 1 heterocycles. The zero-order chi connectivity index (χ0) is 14.3. The Kier molecular flexibility index (Phi) is 3.25. The maximum atomic E-state index is 8.95. The van der Waals surface area contributed by atoms with Gasteiger partial charge >= 0.3 is 0 Å². The second kappa shape index (κ2) is 4.93. The first-order valence-electron chi connectivity index (χ1n) is 5.92. The van der Waals surface area contributed by atoms with Gasteiger partial charge in [0.25, 0.3) is 0 Å². The molecule has 0 amide bonds. The maximum absolute atomic E-state index is 8.95. The molecule has 0 saturated heterocycles. The minimum atomic E-state index is 0.607. The third-order valence-corrected chi connectivity index (χ3v) is 4.42. The van der Waals surface area contributed by atoms with Gasteiger partial charge in [0.2, 0.25) is 0 Å². The first-order chi connectivity index (χ1) is 9.60. The molecule has 3 rings (SSSR count). The van der Waals surface area contributed by atoms with Crippen molar-refractivity contribution in [2.75, 3.05) is 0 Å². The second-order valence-corrected chi connectivity index (χ2v) is 5.70. The normalized spacial score (nSPS) is 10.7. The summed E-state index contributed by atoms with van der Waals surface area (Å²) in [6.45, 7) is 0. The summed E-state index contributed by atoms with van der Waals surface area (Å²) in [6.07, 6.45) is 0. The van der Waals surface area contributed by atoms with Crippen LogP contribution in [0.15, 0.2) is 40.9 Å². The van der Waals surface area contributed by atoms with Crippen LogP contribution in [0.4, 0.5) is 0 Å². The van der Waals surface area contributed by atoms with Crippen molar-refractivity contribution in [2.45, 2.75) is 0 Å². The molecular formula is C15H9BrClN3. The van der Waals surface area contributed by atoms with Crippen molar-refractivity contribution in [3.05, 3.63) is 51.5 Å². The molecule has 0 radical (unpaired) electrons. The lowest BCUT2D eigenvalue weighted by atomic mass is 10.2. The highest BCUT2D eigenvalue weighted by molar-refractivity contribution is 9.10. The third kappa shape index (κ3) is 2.09. The molecule has 0 atom stereocenters. The molecule has 0 spiro atoms. The van der Waals surface area contributed by atoms with Gasteiger partial charge in [-0.3, -0.25) is 0 Å². The number of hydrogen-bond donors (Lipinski definition) is 0. The van der Waals surface area contributed by atoms with Crippen molar-refractivity contribution in [3.63, 3.8) is 0 Å². The van der Waals surface area contributed by atoms with E-state index >= 15 is 0 Å². The van der Waals surface area contributed by atoms with Crippen LogP contribution in [-0.4, -0.2) is 9.55 Å². The zero-order valence-electron chi connectivity index (χ0n) is 10.6. The summed E-state index contributed by atoms with van der Waals surface area (Å²) in [4.78, 5) is 4.60. The van der Waals surface area contributed by atoms with Gasteiger partial charge in [0.15, 0.2) is 0 Å². The Balaban J connectivity index is 2.23. The molecule has 0 aliphatic rings. The Morgan fingerprint density at radius 1 is 1.25 bits per heavy atom. The van der Waals surface area contributed by atoms with E-state index in [0.29, 0.717) is 10.6 Å². The number of hydrogen-bond acceptors (Lipinski definition) is 2. The van der Waals surface area contributed by atoms with Crippen molar-refractivity contribution in [1.82, 2.24) is 9.55 Å². The summed E-state index contributed by atoms with van der Waals surface area (Å²) in [5, 5.41) is 9.60. The van der Waals surface area contributed by atoms with Crippen LogP contribution in [0.25, 0.3) is 22.4 Å². The number of fused-ring (bicyclic) bond motifs is 1. The van der Waals surface area contributed by atoms with Gasteiger partial charge in [-0.2, -0.15) is 5.26 Å². The van der Waals surface area contributed by atoms with Crippen LogP contribution in [-0.2, 0) is 7.05 Å². The van der Waals surface area contributed by atoms with Crippen LogP contribution in [0.5, 0.6) is 0 Å². The number of aromatic nitrogens is 2. The van der Waals surface area contributed by atoms with Crippen LogP contribution in [0.3, 0.4) is 0 Å². The van der Waals surface area contributed by atoms with E-state index in [0.717, 1.165) is 26.9 Å². The van der Waals surface area contributed by atoms with Crippen molar-refractivity contribution >= 4 is 38.6 Å².